The highest BCUT2D eigenvalue weighted by Gasteiger charge is 2.19. The Morgan fingerprint density at radius 1 is 1.28 bits per heavy atom. The van der Waals surface area contributed by atoms with Crippen LogP contribution in [0.5, 0.6) is 0 Å². The van der Waals surface area contributed by atoms with Gasteiger partial charge in [0.2, 0.25) is 0 Å². The lowest BCUT2D eigenvalue weighted by Gasteiger charge is -2.32. The molecule has 2 heteroatoms. The first-order valence-corrected chi connectivity index (χ1v) is 7.35. The van der Waals surface area contributed by atoms with E-state index in [-0.39, 0.29) is 0 Å². The van der Waals surface area contributed by atoms with E-state index in [1.54, 1.807) is 0 Å². The summed E-state index contributed by atoms with van der Waals surface area (Å²) in [6.45, 7) is 8.13. The van der Waals surface area contributed by atoms with Gasteiger partial charge in [-0.15, -0.1) is 0 Å². The predicted molar refractivity (Wildman–Crippen MR) is 77.6 cm³/mol. The lowest BCUT2D eigenvalue weighted by atomic mass is 9.94. The number of hydrogen-bond acceptors (Lipinski definition) is 2. The van der Waals surface area contributed by atoms with Crippen LogP contribution in [-0.4, -0.2) is 31.1 Å². The van der Waals surface area contributed by atoms with Crippen LogP contribution in [0.3, 0.4) is 0 Å². The number of benzene rings is 1. The molecule has 2 nitrogen and oxygen atoms in total. The second-order valence-electron chi connectivity index (χ2n) is 5.37. The van der Waals surface area contributed by atoms with Crippen LogP contribution in [0.2, 0.25) is 0 Å². The molecule has 1 atom stereocenters. The first kappa shape index (κ1) is 13.6. The Morgan fingerprint density at radius 2 is 2.11 bits per heavy atom. The van der Waals surface area contributed by atoms with Gasteiger partial charge in [0.05, 0.1) is 0 Å². The number of rotatable bonds is 6. The monoisotopic (exact) mass is 246 g/mol. The number of likely N-dealkylation sites (tertiary alicyclic amines) is 1. The fourth-order valence-electron chi connectivity index (χ4n) is 2.86. The maximum Gasteiger partial charge on any atom is 0.0233 e. The highest BCUT2D eigenvalue weighted by molar-refractivity contribution is 5.14. The molecular formula is C16H26N2. The molecular weight excluding hydrogens is 220 g/mol. The van der Waals surface area contributed by atoms with Crippen LogP contribution in [0.1, 0.15) is 31.7 Å². The van der Waals surface area contributed by atoms with Gasteiger partial charge in [0.1, 0.15) is 0 Å². The minimum Gasteiger partial charge on any atom is -0.317 e. The molecule has 1 aromatic rings. The molecule has 0 aromatic heterocycles. The molecule has 1 aromatic carbocycles. The van der Waals surface area contributed by atoms with Crippen molar-refractivity contribution in [3.8, 4) is 0 Å². The molecule has 0 spiro atoms. The van der Waals surface area contributed by atoms with Crippen LogP contribution in [0.4, 0.5) is 0 Å². The Hall–Kier alpha value is -0.860. The average molecular weight is 246 g/mol. The third kappa shape index (κ3) is 4.43. The topological polar surface area (TPSA) is 15.3 Å². The zero-order chi connectivity index (χ0) is 12.6. The molecule has 1 saturated heterocycles. The van der Waals surface area contributed by atoms with Crippen LogP contribution in [0.25, 0.3) is 0 Å². The van der Waals surface area contributed by atoms with Crippen molar-refractivity contribution in [2.75, 3.05) is 26.2 Å². The maximum absolute atomic E-state index is 3.44. The third-order valence-electron chi connectivity index (χ3n) is 3.83. The van der Waals surface area contributed by atoms with Gasteiger partial charge in [-0.25, -0.2) is 0 Å². The lowest BCUT2D eigenvalue weighted by molar-refractivity contribution is 0.161. The van der Waals surface area contributed by atoms with Gasteiger partial charge in [-0.2, -0.15) is 0 Å². The maximum atomic E-state index is 3.44. The molecule has 1 heterocycles. The summed E-state index contributed by atoms with van der Waals surface area (Å²) in [4.78, 5) is 2.62. The molecule has 0 bridgehead atoms. The molecule has 0 amide bonds. The van der Waals surface area contributed by atoms with Crippen LogP contribution in [-0.2, 0) is 6.54 Å². The van der Waals surface area contributed by atoms with Gasteiger partial charge in [-0.05, 0) is 50.4 Å². The van der Waals surface area contributed by atoms with Gasteiger partial charge >= 0.3 is 0 Å². The lowest BCUT2D eigenvalue weighted by Crippen LogP contribution is -2.36. The average Bonchev–Trinajstić information content (AvgIpc) is 2.41. The van der Waals surface area contributed by atoms with E-state index in [0.29, 0.717) is 0 Å². The Labute approximate surface area is 111 Å². The standard InChI is InChI=1S/C16H26N2/c1-2-17-11-10-16-9-6-12-18(14-16)13-15-7-4-3-5-8-15/h3-5,7-8,16-17H,2,6,9-14H2,1H3. The summed E-state index contributed by atoms with van der Waals surface area (Å²) in [7, 11) is 0. The van der Waals surface area contributed by atoms with E-state index in [1.807, 2.05) is 0 Å². The summed E-state index contributed by atoms with van der Waals surface area (Å²) in [6, 6.07) is 10.9. The van der Waals surface area contributed by atoms with Gasteiger partial charge in [0.25, 0.3) is 0 Å². The van der Waals surface area contributed by atoms with E-state index in [2.05, 4.69) is 47.5 Å². The summed E-state index contributed by atoms with van der Waals surface area (Å²) in [5.74, 6) is 0.890. The molecule has 0 saturated carbocycles. The molecule has 1 aliphatic heterocycles. The molecule has 0 aliphatic carbocycles. The Balaban J connectivity index is 1.76. The minimum atomic E-state index is 0.890. The Bertz CT molecular complexity index is 323. The van der Waals surface area contributed by atoms with Crippen molar-refractivity contribution < 1.29 is 0 Å². The number of hydrogen-bond donors (Lipinski definition) is 1. The highest BCUT2D eigenvalue weighted by Crippen LogP contribution is 2.20. The first-order valence-electron chi connectivity index (χ1n) is 7.35. The summed E-state index contributed by atoms with van der Waals surface area (Å²) < 4.78 is 0. The van der Waals surface area contributed by atoms with Crippen LogP contribution in [0.15, 0.2) is 30.3 Å². The molecule has 0 radical (unpaired) electrons. The molecule has 2 rings (SSSR count). The Morgan fingerprint density at radius 3 is 2.89 bits per heavy atom. The van der Waals surface area contributed by atoms with E-state index >= 15 is 0 Å². The molecule has 1 N–H and O–H groups in total. The largest absolute Gasteiger partial charge is 0.317 e. The van der Waals surface area contributed by atoms with Crippen molar-refractivity contribution in [1.82, 2.24) is 10.2 Å². The van der Waals surface area contributed by atoms with Crippen molar-refractivity contribution in [3.63, 3.8) is 0 Å². The zero-order valence-corrected chi connectivity index (χ0v) is 11.6. The van der Waals surface area contributed by atoms with E-state index in [4.69, 9.17) is 0 Å². The van der Waals surface area contributed by atoms with Crippen molar-refractivity contribution in [2.24, 2.45) is 5.92 Å². The molecule has 1 aliphatic rings. The van der Waals surface area contributed by atoms with E-state index in [9.17, 15) is 0 Å². The van der Waals surface area contributed by atoms with Crippen LogP contribution in [0, 0.1) is 5.92 Å². The molecule has 1 unspecified atom stereocenters. The summed E-state index contributed by atoms with van der Waals surface area (Å²) in [5.41, 5.74) is 1.45. The number of piperidine rings is 1. The van der Waals surface area contributed by atoms with E-state index in [1.165, 1.54) is 44.5 Å². The van der Waals surface area contributed by atoms with Gasteiger partial charge in [-0.1, -0.05) is 37.3 Å². The summed E-state index contributed by atoms with van der Waals surface area (Å²) in [5, 5.41) is 3.44. The second-order valence-corrected chi connectivity index (χ2v) is 5.37. The van der Waals surface area contributed by atoms with Crippen LogP contribution < -0.4 is 5.32 Å². The fraction of sp³-hybridized carbons (Fsp3) is 0.625. The van der Waals surface area contributed by atoms with Crippen molar-refractivity contribution in [2.45, 2.75) is 32.7 Å². The first-order chi connectivity index (χ1) is 8.88. The smallest absolute Gasteiger partial charge is 0.0233 e. The van der Waals surface area contributed by atoms with Gasteiger partial charge in [-0.3, -0.25) is 4.90 Å². The van der Waals surface area contributed by atoms with Crippen molar-refractivity contribution in [1.29, 1.82) is 0 Å². The summed E-state index contributed by atoms with van der Waals surface area (Å²) >= 11 is 0. The minimum absolute atomic E-state index is 0.890. The predicted octanol–water partition coefficient (Wildman–Crippen LogP) is 2.90. The second kappa shape index (κ2) is 7.55. The number of nitrogens with one attached hydrogen (secondary N) is 1. The van der Waals surface area contributed by atoms with Crippen molar-refractivity contribution >= 4 is 0 Å². The van der Waals surface area contributed by atoms with E-state index in [0.717, 1.165) is 19.0 Å². The van der Waals surface area contributed by atoms with Gasteiger partial charge in [0.15, 0.2) is 0 Å². The zero-order valence-electron chi connectivity index (χ0n) is 11.6. The van der Waals surface area contributed by atoms with Gasteiger partial charge in [0, 0.05) is 13.1 Å². The Kier molecular flexibility index (Phi) is 5.69. The quantitative estimate of drug-likeness (QED) is 0.776. The molecule has 18 heavy (non-hydrogen) atoms. The van der Waals surface area contributed by atoms with Gasteiger partial charge < -0.3 is 5.32 Å². The number of nitrogens with zero attached hydrogens (tertiary/aromatic N) is 1. The SMILES string of the molecule is CCNCCC1CCCN(Cc2ccccc2)C1. The normalized spacial score (nSPS) is 21.1. The summed E-state index contributed by atoms with van der Waals surface area (Å²) in [6.07, 6.45) is 4.11. The van der Waals surface area contributed by atoms with E-state index < -0.39 is 0 Å². The fourth-order valence-corrected chi connectivity index (χ4v) is 2.86. The highest BCUT2D eigenvalue weighted by atomic mass is 15.1. The van der Waals surface area contributed by atoms with Crippen LogP contribution >= 0.6 is 0 Å². The molecule has 100 valence electrons. The molecule has 1 fully saturated rings. The third-order valence-corrected chi connectivity index (χ3v) is 3.83. The van der Waals surface area contributed by atoms with Crippen molar-refractivity contribution in [3.05, 3.63) is 35.9 Å².